The van der Waals surface area contributed by atoms with Gasteiger partial charge in [0.1, 0.15) is 0 Å². The first-order valence-corrected chi connectivity index (χ1v) is 3.06. The molecule has 0 aromatic carbocycles. The third-order valence-corrected chi connectivity index (χ3v) is 1.74. The number of nitrogens with zero attached hydrogens (tertiary/aromatic N) is 1. The molecule has 0 bridgehead atoms. The van der Waals surface area contributed by atoms with Crippen LogP contribution in [0, 0.1) is 0 Å². The fourth-order valence-electron chi connectivity index (χ4n) is 1.30. The van der Waals surface area contributed by atoms with E-state index in [0.717, 1.165) is 0 Å². The van der Waals surface area contributed by atoms with Crippen molar-refractivity contribution in [3.8, 4) is 0 Å². The molecule has 0 aromatic heterocycles. The Morgan fingerprint density at radius 3 is 3.25 bits per heavy atom. The summed E-state index contributed by atoms with van der Waals surface area (Å²) < 4.78 is 0. The molecule has 41 valence electrons. The molecular formula is C7H8N. The van der Waals surface area contributed by atoms with Gasteiger partial charge >= 0.3 is 0 Å². The summed E-state index contributed by atoms with van der Waals surface area (Å²) in [5, 5.41) is 4.20. The van der Waals surface area contributed by atoms with E-state index in [2.05, 4.69) is 11.4 Å². The molecule has 0 spiro atoms. The second kappa shape index (κ2) is 1.38. The van der Waals surface area contributed by atoms with E-state index in [4.69, 9.17) is 0 Å². The molecule has 2 aliphatic rings. The number of hydrogen-bond donors (Lipinski definition) is 0. The highest BCUT2D eigenvalue weighted by Gasteiger charge is 2.15. The minimum Gasteiger partial charge on any atom is -0.261 e. The molecule has 1 aliphatic carbocycles. The van der Waals surface area contributed by atoms with Crippen molar-refractivity contribution in [3.05, 3.63) is 23.5 Å². The lowest BCUT2D eigenvalue weighted by Gasteiger charge is -1.88. The molecule has 1 nitrogen and oxygen atoms in total. The van der Waals surface area contributed by atoms with E-state index >= 15 is 0 Å². The minimum atomic E-state index is 1.21. The predicted molar refractivity (Wildman–Crippen MR) is 32.2 cm³/mol. The Morgan fingerprint density at radius 1 is 1.38 bits per heavy atom. The average molecular weight is 106 g/mol. The maximum absolute atomic E-state index is 4.20. The minimum absolute atomic E-state index is 1.21. The van der Waals surface area contributed by atoms with Crippen molar-refractivity contribution in [2.75, 3.05) is 0 Å². The predicted octanol–water partition coefficient (Wildman–Crippen LogP) is 1.56. The Balaban J connectivity index is 2.33. The topological polar surface area (TPSA) is 14.1 Å². The highest BCUT2D eigenvalue weighted by atomic mass is 14.9. The first-order chi connectivity index (χ1) is 3.97. The van der Waals surface area contributed by atoms with Crippen LogP contribution in [0.15, 0.2) is 23.5 Å². The standard InChI is InChI=1S/C7H8N/c1-2-6-4-5-8-7(6)3-1/h4-5H,1-3H2. The Morgan fingerprint density at radius 2 is 2.38 bits per heavy atom. The van der Waals surface area contributed by atoms with Gasteiger partial charge in [-0.3, -0.25) is 5.32 Å². The van der Waals surface area contributed by atoms with Gasteiger partial charge in [-0.25, -0.2) is 0 Å². The molecule has 0 amide bonds. The van der Waals surface area contributed by atoms with Crippen LogP contribution in [0.2, 0.25) is 0 Å². The lowest BCUT2D eigenvalue weighted by atomic mass is 10.2. The molecule has 0 atom stereocenters. The number of rotatable bonds is 0. The summed E-state index contributed by atoms with van der Waals surface area (Å²) in [6.07, 6.45) is 7.82. The molecule has 0 N–H and O–H groups in total. The zero-order chi connectivity index (χ0) is 5.40. The molecule has 2 rings (SSSR count). The van der Waals surface area contributed by atoms with Crippen LogP contribution in [0.1, 0.15) is 19.3 Å². The van der Waals surface area contributed by atoms with Gasteiger partial charge in [0, 0.05) is 11.9 Å². The normalized spacial score (nSPS) is 24.0. The van der Waals surface area contributed by atoms with Crippen LogP contribution in [0.5, 0.6) is 0 Å². The Bertz CT molecular complexity index is 165. The maximum Gasteiger partial charge on any atom is 0.0436 e. The van der Waals surface area contributed by atoms with E-state index in [1.807, 2.05) is 6.20 Å². The van der Waals surface area contributed by atoms with Crippen LogP contribution < -0.4 is 5.32 Å². The SMILES string of the molecule is C1=CC2=C(CCC2)[N]1. The Hall–Kier alpha value is -0.720. The highest BCUT2D eigenvalue weighted by Crippen LogP contribution is 2.28. The van der Waals surface area contributed by atoms with Crippen LogP contribution >= 0.6 is 0 Å². The Labute approximate surface area is 49.1 Å². The summed E-state index contributed by atoms with van der Waals surface area (Å²) in [6.45, 7) is 0. The van der Waals surface area contributed by atoms with Crippen molar-refractivity contribution in [1.82, 2.24) is 5.32 Å². The molecule has 8 heavy (non-hydrogen) atoms. The summed E-state index contributed by atoms with van der Waals surface area (Å²) in [7, 11) is 0. The van der Waals surface area contributed by atoms with Gasteiger partial charge in [-0.2, -0.15) is 0 Å². The Kier molecular flexibility index (Phi) is 0.720. The van der Waals surface area contributed by atoms with Gasteiger partial charge in [-0.05, 0) is 30.9 Å². The van der Waals surface area contributed by atoms with Gasteiger partial charge in [0.05, 0.1) is 0 Å². The lowest BCUT2D eigenvalue weighted by molar-refractivity contribution is 0.853. The van der Waals surface area contributed by atoms with Gasteiger partial charge in [0.2, 0.25) is 0 Å². The fraction of sp³-hybridized carbons (Fsp3) is 0.429. The zero-order valence-corrected chi connectivity index (χ0v) is 4.72. The van der Waals surface area contributed by atoms with Crippen LogP contribution in [0.3, 0.4) is 0 Å². The quantitative estimate of drug-likeness (QED) is 0.445. The average Bonchev–Trinajstić information content (AvgIpc) is 2.15. The van der Waals surface area contributed by atoms with Gasteiger partial charge < -0.3 is 0 Å². The first kappa shape index (κ1) is 4.19. The molecule has 0 saturated heterocycles. The smallest absolute Gasteiger partial charge is 0.0436 e. The molecule has 1 heterocycles. The van der Waals surface area contributed by atoms with Crippen molar-refractivity contribution in [3.63, 3.8) is 0 Å². The van der Waals surface area contributed by atoms with Crippen molar-refractivity contribution in [2.24, 2.45) is 0 Å². The number of hydrogen-bond acceptors (Lipinski definition) is 0. The lowest BCUT2D eigenvalue weighted by Crippen LogP contribution is -1.87. The first-order valence-electron chi connectivity index (χ1n) is 3.06. The molecule has 1 aliphatic heterocycles. The van der Waals surface area contributed by atoms with E-state index in [1.54, 1.807) is 0 Å². The molecule has 1 radical (unpaired) electrons. The second-order valence-corrected chi connectivity index (χ2v) is 2.27. The second-order valence-electron chi connectivity index (χ2n) is 2.27. The summed E-state index contributed by atoms with van der Waals surface area (Å²) >= 11 is 0. The summed E-state index contributed by atoms with van der Waals surface area (Å²) in [5.41, 5.74) is 2.81. The van der Waals surface area contributed by atoms with Crippen LogP contribution in [-0.2, 0) is 0 Å². The van der Waals surface area contributed by atoms with E-state index in [1.165, 1.54) is 30.5 Å². The summed E-state index contributed by atoms with van der Waals surface area (Å²) in [5.74, 6) is 0. The van der Waals surface area contributed by atoms with E-state index < -0.39 is 0 Å². The molecular weight excluding hydrogens is 98.1 g/mol. The van der Waals surface area contributed by atoms with Gasteiger partial charge in [0.25, 0.3) is 0 Å². The molecule has 0 aromatic rings. The summed E-state index contributed by atoms with van der Waals surface area (Å²) in [4.78, 5) is 0. The van der Waals surface area contributed by atoms with Crippen LogP contribution in [0.25, 0.3) is 0 Å². The largest absolute Gasteiger partial charge is 0.261 e. The molecule has 0 saturated carbocycles. The maximum atomic E-state index is 4.20. The van der Waals surface area contributed by atoms with Crippen molar-refractivity contribution in [1.29, 1.82) is 0 Å². The van der Waals surface area contributed by atoms with Crippen molar-refractivity contribution in [2.45, 2.75) is 19.3 Å². The van der Waals surface area contributed by atoms with E-state index in [-0.39, 0.29) is 0 Å². The third-order valence-electron chi connectivity index (χ3n) is 1.74. The van der Waals surface area contributed by atoms with E-state index in [0.29, 0.717) is 0 Å². The molecule has 0 fully saturated rings. The van der Waals surface area contributed by atoms with Crippen molar-refractivity contribution < 1.29 is 0 Å². The van der Waals surface area contributed by atoms with Gasteiger partial charge in [0.15, 0.2) is 0 Å². The van der Waals surface area contributed by atoms with Gasteiger partial charge in [-0.15, -0.1) is 0 Å². The van der Waals surface area contributed by atoms with Gasteiger partial charge in [-0.1, -0.05) is 0 Å². The van der Waals surface area contributed by atoms with Crippen molar-refractivity contribution >= 4 is 0 Å². The highest BCUT2D eigenvalue weighted by molar-refractivity contribution is 5.34. The molecule has 0 unspecified atom stereocenters. The molecule has 1 heteroatoms. The fourth-order valence-corrected chi connectivity index (χ4v) is 1.30. The van der Waals surface area contributed by atoms with Crippen LogP contribution in [-0.4, -0.2) is 0 Å². The zero-order valence-electron chi connectivity index (χ0n) is 4.72. The van der Waals surface area contributed by atoms with E-state index in [9.17, 15) is 0 Å². The summed E-state index contributed by atoms with van der Waals surface area (Å²) in [6, 6.07) is 0. The third kappa shape index (κ3) is 0.414. The monoisotopic (exact) mass is 106 g/mol. The number of allylic oxidation sites excluding steroid dienone is 3. The van der Waals surface area contributed by atoms with Crippen LogP contribution in [0.4, 0.5) is 0 Å².